The van der Waals surface area contributed by atoms with Crippen LogP contribution in [0.4, 0.5) is 16.0 Å². The Balaban J connectivity index is 1.69. The third-order valence-corrected chi connectivity index (χ3v) is 4.11. The fourth-order valence-corrected chi connectivity index (χ4v) is 2.78. The number of amides is 1. The van der Waals surface area contributed by atoms with Crippen LogP contribution >= 0.6 is 0 Å². The summed E-state index contributed by atoms with van der Waals surface area (Å²) in [5.74, 6) is 1.73. The molecule has 0 spiro atoms. The van der Waals surface area contributed by atoms with Gasteiger partial charge in [0.05, 0.1) is 11.8 Å². The zero-order chi connectivity index (χ0) is 18.0. The fraction of sp³-hybridized carbons (Fsp3) is 0.412. The maximum Gasteiger partial charge on any atom is 0.255 e. The van der Waals surface area contributed by atoms with Crippen molar-refractivity contribution >= 4 is 17.5 Å². The zero-order valence-corrected chi connectivity index (χ0v) is 14.6. The second-order valence-electron chi connectivity index (χ2n) is 6.20. The van der Waals surface area contributed by atoms with Gasteiger partial charge >= 0.3 is 0 Å². The number of carbonyl (C=O) groups excluding carboxylic acids is 1. The Hall–Kier alpha value is -2.77. The first-order valence-electron chi connectivity index (χ1n) is 8.12. The van der Waals surface area contributed by atoms with Crippen LogP contribution in [0.15, 0.2) is 24.5 Å². The van der Waals surface area contributed by atoms with Crippen molar-refractivity contribution < 1.29 is 9.18 Å². The molecule has 0 unspecified atom stereocenters. The summed E-state index contributed by atoms with van der Waals surface area (Å²) in [5.41, 5.74) is 0.279. The fourth-order valence-electron chi connectivity index (χ4n) is 2.78. The summed E-state index contributed by atoms with van der Waals surface area (Å²) >= 11 is 0. The number of halogens is 1. The molecule has 25 heavy (non-hydrogen) atoms. The van der Waals surface area contributed by atoms with E-state index in [0.29, 0.717) is 32.0 Å². The SMILES string of the molecule is Cc1nc(N(C)C)cc(N2CCN(C(=O)c3cncc(F)c3)CC2)n1. The van der Waals surface area contributed by atoms with Crippen LogP contribution < -0.4 is 9.80 Å². The van der Waals surface area contributed by atoms with Crippen molar-refractivity contribution in [3.63, 3.8) is 0 Å². The van der Waals surface area contributed by atoms with Gasteiger partial charge in [0, 0.05) is 52.5 Å². The monoisotopic (exact) mass is 344 g/mol. The molecule has 1 aliphatic rings. The average Bonchev–Trinajstić information content (AvgIpc) is 2.60. The van der Waals surface area contributed by atoms with Gasteiger partial charge in [0.1, 0.15) is 23.3 Å². The number of carbonyl (C=O) groups is 1. The molecule has 0 N–H and O–H groups in total. The molecule has 0 saturated carbocycles. The summed E-state index contributed by atoms with van der Waals surface area (Å²) in [6.45, 7) is 4.30. The van der Waals surface area contributed by atoms with Crippen molar-refractivity contribution in [3.05, 3.63) is 41.7 Å². The van der Waals surface area contributed by atoms with E-state index in [1.807, 2.05) is 32.0 Å². The number of anilines is 2. The van der Waals surface area contributed by atoms with Crippen LogP contribution in [-0.4, -0.2) is 66.0 Å². The number of nitrogens with zero attached hydrogens (tertiary/aromatic N) is 6. The largest absolute Gasteiger partial charge is 0.363 e. The second kappa shape index (κ2) is 7.00. The van der Waals surface area contributed by atoms with Crippen LogP contribution in [0.2, 0.25) is 0 Å². The summed E-state index contributed by atoms with van der Waals surface area (Å²) in [6.07, 6.45) is 2.49. The van der Waals surface area contributed by atoms with E-state index in [2.05, 4.69) is 19.9 Å². The lowest BCUT2D eigenvalue weighted by atomic mass is 10.2. The molecule has 1 fully saturated rings. The maximum absolute atomic E-state index is 13.3. The van der Waals surface area contributed by atoms with Crippen molar-refractivity contribution in [1.82, 2.24) is 19.9 Å². The molecule has 0 radical (unpaired) electrons. The highest BCUT2D eigenvalue weighted by Crippen LogP contribution is 2.19. The summed E-state index contributed by atoms with van der Waals surface area (Å²) in [7, 11) is 3.88. The molecule has 132 valence electrons. The predicted octanol–water partition coefficient (Wildman–Crippen LogP) is 1.35. The van der Waals surface area contributed by atoms with Crippen LogP contribution in [0.3, 0.4) is 0 Å². The van der Waals surface area contributed by atoms with E-state index >= 15 is 0 Å². The molecule has 1 amide bonds. The van der Waals surface area contributed by atoms with Gasteiger partial charge in [-0.05, 0) is 13.0 Å². The maximum atomic E-state index is 13.3. The highest BCUT2D eigenvalue weighted by Gasteiger charge is 2.24. The molecule has 0 aliphatic carbocycles. The Morgan fingerprint density at radius 1 is 1.12 bits per heavy atom. The minimum Gasteiger partial charge on any atom is -0.363 e. The van der Waals surface area contributed by atoms with Crippen molar-refractivity contribution in [1.29, 1.82) is 0 Å². The molecule has 0 aromatic carbocycles. The third-order valence-electron chi connectivity index (χ3n) is 4.11. The van der Waals surface area contributed by atoms with Crippen LogP contribution in [0.1, 0.15) is 16.2 Å². The van der Waals surface area contributed by atoms with Crippen molar-refractivity contribution in [2.45, 2.75) is 6.92 Å². The van der Waals surface area contributed by atoms with E-state index in [0.717, 1.165) is 17.8 Å². The van der Waals surface area contributed by atoms with Crippen molar-refractivity contribution in [2.75, 3.05) is 50.1 Å². The van der Waals surface area contributed by atoms with Gasteiger partial charge < -0.3 is 14.7 Å². The Labute approximate surface area is 146 Å². The summed E-state index contributed by atoms with van der Waals surface area (Å²) < 4.78 is 13.3. The lowest BCUT2D eigenvalue weighted by molar-refractivity contribution is 0.0745. The Morgan fingerprint density at radius 2 is 1.84 bits per heavy atom. The van der Waals surface area contributed by atoms with Gasteiger partial charge in [-0.25, -0.2) is 14.4 Å². The second-order valence-corrected chi connectivity index (χ2v) is 6.20. The molecule has 8 heteroatoms. The number of rotatable bonds is 3. The van der Waals surface area contributed by atoms with Gasteiger partial charge in [0.15, 0.2) is 0 Å². The first-order chi connectivity index (χ1) is 11.9. The van der Waals surface area contributed by atoms with Gasteiger partial charge in [0.2, 0.25) is 0 Å². The van der Waals surface area contributed by atoms with E-state index in [9.17, 15) is 9.18 Å². The van der Waals surface area contributed by atoms with Crippen molar-refractivity contribution in [3.8, 4) is 0 Å². The normalized spacial score (nSPS) is 14.6. The molecule has 3 heterocycles. The number of aromatic nitrogens is 3. The van der Waals surface area contributed by atoms with Gasteiger partial charge in [-0.2, -0.15) is 0 Å². The van der Waals surface area contributed by atoms with E-state index < -0.39 is 5.82 Å². The molecule has 3 rings (SSSR count). The molecule has 2 aromatic heterocycles. The molecule has 2 aromatic rings. The van der Waals surface area contributed by atoms with E-state index in [1.165, 1.54) is 12.3 Å². The summed E-state index contributed by atoms with van der Waals surface area (Å²) in [4.78, 5) is 30.9. The molecule has 0 atom stereocenters. The molecule has 0 bridgehead atoms. The third kappa shape index (κ3) is 3.84. The first kappa shape index (κ1) is 17.1. The van der Waals surface area contributed by atoms with E-state index in [-0.39, 0.29) is 11.5 Å². The highest BCUT2D eigenvalue weighted by atomic mass is 19.1. The lowest BCUT2D eigenvalue weighted by Crippen LogP contribution is -2.49. The minimum atomic E-state index is -0.503. The molecule has 7 nitrogen and oxygen atoms in total. The minimum absolute atomic E-state index is 0.195. The quantitative estimate of drug-likeness (QED) is 0.837. The topological polar surface area (TPSA) is 65.5 Å². The molecule has 1 aliphatic heterocycles. The predicted molar refractivity (Wildman–Crippen MR) is 93.4 cm³/mol. The first-order valence-corrected chi connectivity index (χ1v) is 8.12. The van der Waals surface area contributed by atoms with Crippen LogP contribution in [0, 0.1) is 12.7 Å². The Bertz CT molecular complexity index is 773. The Morgan fingerprint density at radius 3 is 2.48 bits per heavy atom. The van der Waals surface area contributed by atoms with Gasteiger partial charge in [-0.15, -0.1) is 0 Å². The molecular weight excluding hydrogens is 323 g/mol. The highest BCUT2D eigenvalue weighted by molar-refractivity contribution is 5.94. The summed E-state index contributed by atoms with van der Waals surface area (Å²) in [6, 6.07) is 3.17. The molecule has 1 saturated heterocycles. The van der Waals surface area contributed by atoms with Gasteiger partial charge in [-0.1, -0.05) is 0 Å². The zero-order valence-electron chi connectivity index (χ0n) is 14.6. The van der Waals surface area contributed by atoms with Gasteiger partial charge in [0.25, 0.3) is 5.91 Å². The number of hydrogen-bond donors (Lipinski definition) is 0. The number of pyridine rings is 1. The number of piperazine rings is 1. The standard InChI is InChI=1S/C17H21FN6O/c1-12-20-15(22(2)3)9-16(21-12)23-4-6-24(7-5-23)17(25)13-8-14(18)11-19-10-13/h8-11H,4-7H2,1-3H3. The lowest BCUT2D eigenvalue weighted by Gasteiger charge is -2.35. The average molecular weight is 344 g/mol. The number of aryl methyl sites for hydroxylation is 1. The number of hydrogen-bond acceptors (Lipinski definition) is 6. The van der Waals surface area contributed by atoms with E-state index in [4.69, 9.17) is 0 Å². The van der Waals surface area contributed by atoms with Crippen LogP contribution in [-0.2, 0) is 0 Å². The van der Waals surface area contributed by atoms with Crippen molar-refractivity contribution in [2.24, 2.45) is 0 Å². The van der Waals surface area contributed by atoms with Crippen LogP contribution in [0.5, 0.6) is 0 Å². The van der Waals surface area contributed by atoms with Crippen LogP contribution in [0.25, 0.3) is 0 Å². The van der Waals surface area contributed by atoms with Gasteiger partial charge in [-0.3, -0.25) is 9.78 Å². The summed E-state index contributed by atoms with van der Waals surface area (Å²) in [5, 5.41) is 0. The van der Waals surface area contributed by atoms with E-state index in [1.54, 1.807) is 4.90 Å². The Kier molecular flexibility index (Phi) is 4.78. The smallest absolute Gasteiger partial charge is 0.255 e. The molecular formula is C17H21FN6O.